The van der Waals surface area contributed by atoms with Crippen molar-refractivity contribution in [1.29, 1.82) is 0 Å². The first-order chi connectivity index (χ1) is 15.1. The maximum atomic E-state index is 13.4. The summed E-state index contributed by atoms with van der Waals surface area (Å²) in [5.41, 5.74) is 1.22. The van der Waals surface area contributed by atoms with E-state index in [0.29, 0.717) is 12.2 Å². The zero-order chi connectivity index (χ0) is 23.7. The third kappa shape index (κ3) is 7.63. The lowest BCUT2D eigenvalue weighted by Crippen LogP contribution is -2.51. The number of amides is 2. The Kier molecular flexibility index (Phi) is 9.71. The molecule has 0 aliphatic carbocycles. The molecule has 0 spiro atoms. The number of hydrogen-bond acceptors (Lipinski definition) is 4. The van der Waals surface area contributed by atoms with Crippen molar-refractivity contribution >= 4 is 43.5 Å². The summed E-state index contributed by atoms with van der Waals surface area (Å²) in [5.74, 6) is -0.732. The van der Waals surface area contributed by atoms with Gasteiger partial charge in [-0.2, -0.15) is 0 Å². The maximum absolute atomic E-state index is 13.4. The summed E-state index contributed by atoms with van der Waals surface area (Å²) in [6.07, 6.45) is 2.84. The molecule has 0 bridgehead atoms. The molecular weight excluding hydrogens is 494 g/mol. The Bertz CT molecular complexity index is 1010. The number of anilines is 1. The molecule has 0 aliphatic rings. The number of nitrogens with zero attached hydrogens (tertiary/aromatic N) is 2. The first kappa shape index (κ1) is 25.9. The second kappa shape index (κ2) is 12.0. The molecule has 1 unspecified atom stereocenters. The number of benzene rings is 2. The number of unbranched alkanes of at least 4 members (excludes halogenated alkanes) is 1. The second-order valence-corrected chi connectivity index (χ2v) is 10.4. The van der Waals surface area contributed by atoms with E-state index in [-0.39, 0.29) is 12.5 Å². The SMILES string of the molecule is CCCCNC(=O)C(C)N(Cc1cccc(Br)c1)C(=O)CN(c1ccccc1)S(C)(=O)=O. The van der Waals surface area contributed by atoms with Gasteiger partial charge in [-0.1, -0.05) is 59.6 Å². The van der Waals surface area contributed by atoms with Crippen LogP contribution in [-0.4, -0.2) is 50.5 Å². The molecule has 1 N–H and O–H groups in total. The van der Waals surface area contributed by atoms with Crippen LogP contribution in [0.25, 0.3) is 0 Å². The van der Waals surface area contributed by atoms with Gasteiger partial charge in [0.05, 0.1) is 11.9 Å². The van der Waals surface area contributed by atoms with Crippen molar-refractivity contribution in [3.8, 4) is 0 Å². The standard InChI is InChI=1S/C23H30BrN3O4S/c1-4-5-14-25-23(29)18(2)26(16-19-10-9-11-20(24)15-19)22(28)17-27(32(3,30)31)21-12-7-6-8-13-21/h6-13,15,18H,4-5,14,16-17H2,1-3H3,(H,25,29). The highest BCUT2D eigenvalue weighted by atomic mass is 79.9. The van der Waals surface area contributed by atoms with Crippen LogP contribution in [0, 0.1) is 0 Å². The van der Waals surface area contributed by atoms with E-state index in [9.17, 15) is 18.0 Å². The van der Waals surface area contributed by atoms with Crippen molar-refractivity contribution in [2.45, 2.75) is 39.3 Å². The molecule has 0 fully saturated rings. The Morgan fingerprint density at radius 3 is 2.38 bits per heavy atom. The van der Waals surface area contributed by atoms with Gasteiger partial charge in [0.25, 0.3) is 0 Å². The smallest absolute Gasteiger partial charge is 0.244 e. The quantitative estimate of drug-likeness (QED) is 0.456. The highest BCUT2D eigenvalue weighted by Crippen LogP contribution is 2.19. The molecule has 1 atom stereocenters. The summed E-state index contributed by atoms with van der Waals surface area (Å²) in [6, 6.07) is 15.1. The number of nitrogens with one attached hydrogen (secondary N) is 1. The van der Waals surface area contributed by atoms with Crippen LogP contribution in [0.3, 0.4) is 0 Å². The summed E-state index contributed by atoms with van der Waals surface area (Å²) in [7, 11) is -3.71. The van der Waals surface area contributed by atoms with Gasteiger partial charge in [-0.15, -0.1) is 0 Å². The Morgan fingerprint density at radius 2 is 1.78 bits per heavy atom. The molecule has 0 saturated carbocycles. The van der Waals surface area contributed by atoms with Gasteiger partial charge >= 0.3 is 0 Å². The topological polar surface area (TPSA) is 86.8 Å². The third-order valence-electron chi connectivity index (χ3n) is 4.96. The fourth-order valence-corrected chi connectivity index (χ4v) is 4.45. The molecule has 32 heavy (non-hydrogen) atoms. The van der Waals surface area contributed by atoms with E-state index in [1.54, 1.807) is 37.3 Å². The van der Waals surface area contributed by atoms with Gasteiger partial charge in [0.1, 0.15) is 12.6 Å². The Balaban J connectivity index is 2.31. The molecule has 2 rings (SSSR count). The zero-order valence-corrected chi connectivity index (χ0v) is 21.0. The average molecular weight is 524 g/mol. The number of carbonyl (C=O) groups is 2. The lowest BCUT2D eigenvalue weighted by molar-refractivity contribution is -0.139. The van der Waals surface area contributed by atoms with E-state index in [1.165, 1.54) is 4.90 Å². The Morgan fingerprint density at radius 1 is 1.09 bits per heavy atom. The molecule has 0 heterocycles. The first-order valence-corrected chi connectivity index (χ1v) is 13.1. The van der Waals surface area contributed by atoms with Crippen LogP contribution in [0.15, 0.2) is 59.1 Å². The average Bonchev–Trinajstić information content (AvgIpc) is 2.75. The summed E-state index contributed by atoms with van der Waals surface area (Å²) in [5, 5.41) is 2.86. The molecule has 2 aromatic carbocycles. The van der Waals surface area contributed by atoms with E-state index in [0.717, 1.165) is 33.4 Å². The highest BCUT2D eigenvalue weighted by Gasteiger charge is 2.29. The van der Waals surface area contributed by atoms with E-state index < -0.39 is 28.5 Å². The minimum atomic E-state index is -3.71. The fraction of sp³-hybridized carbons (Fsp3) is 0.391. The van der Waals surface area contributed by atoms with Crippen LogP contribution in [0.5, 0.6) is 0 Å². The third-order valence-corrected chi connectivity index (χ3v) is 6.60. The van der Waals surface area contributed by atoms with E-state index in [4.69, 9.17) is 0 Å². The molecule has 7 nitrogen and oxygen atoms in total. The largest absolute Gasteiger partial charge is 0.354 e. The van der Waals surface area contributed by atoms with Gasteiger partial charge in [0.2, 0.25) is 21.8 Å². The Labute approximate surface area is 199 Å². The van der Waals surface area contributed by atoms with Crippen LogP contribution in [0.4, 0.5) is 5.69 Å². The molecule has 0 saturated heterocycles. The molecule has 2 amide bonds. The van der Waals surface area contributed by atoms with Crippen molar-refractivity contribution in [1.82, 2.24) is 10.2 Å². The molecule has 0 aliphatic heterocycles. The summed E-state index contributed by atoms with van der Waals surface area (Å²) in [4.78, 5) is 27.5. The number of para-hydroxylation sites is 1. The van der Waals surface area contributed by atoms with Crippen LogP contribution in [0.1, 0.15) is 32.3 Å². The molecule has 2 aromatic rings. The van der Waals surface area contributed by atoms with Crippen molar-refractivity contribution in [2.75, 3.05) is 23.7 Å². The van der Waals surface area contributed by atoms with Crippen molar-refractivity contribution in [3.63, 3.8) is 0 Å². The zero-order valence-electron chi connectivity index (χ0n) is 18.6. The van der Waals surface area contributed by atoms with Crippen LogP contribution in [-0.2, 0) is 26.2 Å². The van der Waals surface area contributed by atoms with E-state index in [1.807, 2.05) is 31.2 Å². The van der Waals surface area contributed by atoms with Gasteiger partial charge in [-0.25, -0.2) is 8.42 Å². The van der Waals surface area contributed by atoms with Gasteiger partial charge in [0, 0.05) is 17.6 Å². The number of rotatable bonds is 11. The summed E-state index contributed by atoms with van der Waals surface area (Å²) >= 11 is 3.42. The predicted octanol–water partition coefficient (Wildman–Crippen LogP) is 3.55. The molecule has 174 valence electrons. The highest BCUT2D eigenvalue weighted by molar-refractivity contribution is 9.10. The van der Waals surface area contributed by atoms with Gasteiger partial charge in [0.15, 0.2) is 0 Å². The van der Waals surface area contributed by atoms with E-state index >= 15 is 0 Å². The molecule has 0 aromatic heterocycles. The first-order valence-electron chi connectivity index (χ1n) is 10.5. The van der Waals surface area contributed by atoms with E-state index in [2.05, 4.69) is 21.2 Å². The van der Waals surface area contributed by atoms with Crippen molar-refractivity contribution < 1.29 is 18.0 Å². The Hall–Kier alpha value is -2.39. The lowest BCUT2D eigenvalue weighted by Gasteiger charge is -2.31. The lowest BCUT2D eigenvalue weighted by atomic mass is 10.1. The maximum Gasteiger partial charge on any atom is 0.244 e. The van der Waals surface area contributed by atoms with Crippen LogP contribution >= 0.6 is 15.9 Å². The number of sulfonamides is 1. The molecular formula is C23H30BrN3O4S. The molecule has 9 heteroatoms. The monoisotopic (exact) mass is 523 g/mol. The fourth-order valence-electron chi connectivity index (χ4n) is 3.16. The number of halogens is 1. The van der Waals surface area contributed by atoms with Gasteiger partial charge in [-0.05, 0) is 43.2 Å². The summed E-state index contributed by atoms with van der Waals surface area (Å²) in [6.45, 7) is 3.99. The van der Waals surface area contributed by atoms with Gasteiger partial charge in [-0.3, -0.25) is 13.9 Å². The minimum absolute atomic E-state index is 0.174. The van der Waals surface area contributed by atoms with Crippen molar-refractivity contribution in [3.05, 3.63) is 64.6 Å². The normalized spacial score (nSPS) is 12.1. The van der Waals surface area contributed by atoms with Crippen LogP contribution in [0.2, 0.25) is 0 Å². The number of hydrogen-bond donors (Lipinski definition) is 1. The van der Waals surface area contributed by atoms with Gasteiger partial charge < -0.3 is 10.2 Å². The summed E-state index contributed by atoms with van der Waals surface area (Å²) < 4.78 is 26.8. The number of carbonyl (C=O) groups excluding carboxylic acids is 2. The van der Waals surface area contributed by atoms with Crippen LogP contribution < -0.4 is 9.62 Å². The molecule has 0 radical (unpaired) electrons. The predicted molar refractivity (Wildman–Crippen MR) is 131 cm³/mol. The minimum Gasteiger partial charge on any atom is -0.354 e. The second-order valence-electron chi connectivity index (χ2n) is 7.58. The van der Waals surface area contributed by atoms with Crippen molar-refractivity contribution in [2.24, 2.45) is 0 Å².